The predicted molar refractivity (Wildman–Crippen MR) is 114 cm³/mol. The fourth-order valence-electron chi connectivity index (χ4n) is 2.87. The molecule has 0 aliphatic rings. The second-order valence-corrected chi connectivity index (χ2v) is 7.90. The summed E-state index contributed by atoms with van der Waals surface area (Å²) in [6.07, 6.45) is 0. The third-order valence-electron chi connectivity index (χ3n) is 4.26. The number of hydrogen-bond donors (Lipinski definition) is 1. The Balaban J connectivity index is 1.48. The van der Waals surface area contributed by atoms with Gasteiger partial charge in [-0.1, -0.05) is 17.7 Å². The zero-order valence-electron chi connectivity index (χ0n) is 15.7. The Morgan fingerprint density at radius 2 is 1.97 bits per heavy atom. The van der Waals surface area contributed by atoms with E-state index in [4.69, 9.17) is 16.3 Å². The molecule has 1 N–H and O–H groups in total. The standard InChI is InChI=1S/C21H15ClFN3O3S/c1-12-17-10-18(30-20(17)26(25-12)16-7-5-13(22)6-8-16)21(28)29-11-19(27)24-15-4-2-3-14(23)9-15/h2-10H,11H2,1H3,(H,24,27). The van der Waals surface area contributed by atoms with Gasteiger partial charge in [-0.2, -0.15) is 5.10 Å². The number of esters is 1. The van der Waals surface area contributed by atoms with Gasteiger partial charge in [-0.05, 0) is 55.5 Å². The van der Waals surface area contributed by atoms with Crippen LogP contribution in [0, 0.1) is 12.7 Å². The van der Waals surface area contributed by atoms with Gasteiger partial charge in [-0.3, -0.25) is 4.79 Å². The van der Waals surface area contributed by atoms with Gasteiger partial charge in [-0.15, -0.1) is 11.3 Å². The highest BCUT2D eigenvalue weighted by Gasteiger charge is 2.19. The van der Waals surface area contributed by atoms with E-state index in [2.05, 4.69) is 10.4 Å². The minimum atomic E-state index is -0.618. The number of hydrogen-bond acceptors (Lipinski definition) is 5. The number of anilines is 1. The maximum Gasteiger partial charge on any atom is 0.348 e. The van der Waals surface area contributed by atoms with Crippen LogP contribution in [0.25, 0.3) is 15.9 Å². The molecule has 0 saturated carbocycles. The van der Waals surface area contributed by atoms with E-state index in [1.807, 2.05) is 19.1 Å². The van der Waals surface area contributed by atoms with Crippen molar-refractivity contribution in [2.24, 2.45) is 0 Å². The molecular formula is C21H15ClFN3O3S. The Kier molecular flexibility index (Phi) is 5.52. The summed E-state index contributed by atoms with van der Waals surface area (Å²) in [5.74, 6) is -1.65. The van der Waals surface area contributed by atoms with Crippen LogP contribution in [0.4, 0.5) is 10.1 Å². The molecule has 2 aromatic carbocycles. The highest BCUT2D eigenvalue weighted by molar-refractivity contribution is 7.20. The lowest BCUT2D eigenvalue weighted by Crippen LogP contribution is -2.20. The number of aryl methyl sites for hydroxylation is 1. The van der Waals surface area contributed by atoms with Gasteiger partial charge >= 0.3 is 5.97 Å². The van der Waals surface area contributed by atoms with Crippen molar-refractivity contribution >= 4 is 50.7 Å². The van der Waals surface area contributed by atoms with E-state index in [0.29, 0.717) is 9.90 Å². The molecule has 0 unspecified atom stereocenters. The molecule has 4 rings (SSSR count). The molecule has 0 spiro atoms. The summed E-state index contributed by atoms with van der Waals surface area (Å²) < 4.78 is 20.0. The molecule has 30 heavy (non-hydrogen) atoms. The molecule has 9 heteroatoms. The third-order valence-corrected chi connectivity index (χ3v) is 5.60. The first-order valence-corrected chi connectivity index (χ1v) is 10.1. The maximum absolute atomic E-state index is 13.2. The molecule has 4 aromatic rings. The summed E-state index contributed by atoms with van der Waals surface area (Å²) in [6.45, 7) is 1.37. The average molecular weight is 444 g/mol. The molecule has 2 aromatic heterocycles. The van der Waals surface area contributed by atoms with Crippen molar-refractivity contribution in [3.05, 3.63) is 76.0 Å². The van der Waals surface area contributed by atoms with Gasteiger partial charge in [0.05, 0.1) is 11.4 Å². The number of carbonyl (C=O) groups excluding carboxylic acids is 2. The summed E-state index contributed by atoms with van der Waals surface area (Å²) in [4.78, 5) is 25.5. The number of benzene rings is 2. The first-order chi connectivity index (χ1) is 14.4. The lowest BCUT2D eigenvalue weighted by molar-refractivity contribution is -0.119. The lowest BCUT2D eigenvalue weighted by Gasteiger charge is -2.06. The van der Waals surface area contributed by atoms with Crippen LogP contribution in [0.2, 0.25) is 5.02 Å². The molecule has 152 valence electrons. The van der Waals surface area contributed by atoms with Crippen molar-refractivity contribution in [2.75, 3.05) is 11.9 Å². The number of ether oxygens (including phenoxy) is 1. The van der Waals surface area contributed by atoms with E-state index in [0.717, 1.165) is 21.6 Å². The van der Waals surface area contributed by atoms with Crippen LogP contribution in [0.15, 0.2) is 54.6 Å². The van der Waals surface area contributed by atoms with E-state index >= 15 is 0 Å². The van der Waals surface area contributed by atoms with Gasteiger partial charge in [0, 0.05) is 16.1 Å². The molecule has 1 amide bonds. The number of amides is 1. The molecule has 0 bridgehead atoms. The highest BCUT2D eigenvalue weighted by atomic mass is 35.5. The second-order valence-electron chi connectivity index (χ2n) is 6.44. The molecule has 0 aliphatic carbocycles. The second kappa shape index (κ2) is 8.25. The minimum absolute atomic E-state index is 0.289. The SMILES string of the molecule is Cc1nn(-c2ccc(Cl)cc2)c2sc(C(=O)OCC(=O)Nc3cccc(F)c3)cc12. The van der Waals surface area contributed by atoms with Crippen LogP contribution in [0.1, 0.15) is 15.4 Å². The van der Waals surface area contributed by atoms with Crippen LogP contribution in [-0.4, -0.2) is 28.3 Å². The van der Waals surface area contributed by atoms with Crippen molar-refractivity contribution in [3.8, 4) is 5.69 Å². The number of halogens is 2. The number of fused-ring (bicyclic) bond motifs is 1. The molecule has 0 aliphatic heterocycles. The number of nitrogens with one attached hydrogen (secondary N) is 1. The fourth-order valence-corrected chi connectivity index (χ4v) is 4.07. The van der Waals surface area contributed by atoms with Crippen LogP contribution in [0.3, 0.4) is 0 Å². The van der Waals surface area contributed by atoms with E-state index in [1.54, 1.807) is 28.9 Å². The zero-order chi connectivity index (χ0) is 21.3. The van der Waals surface area contributed by atoms with E-state index in [-0.39, 0.29) is 5.69 Å². The van der Waals surface area contributed by atoms with Crippen LogP contribution in [0.5, 0.6) is 0 Å². The first-order valence-electron chi connectivity index (χ1n) is 8.88. The largest absolute Gasteiger partial charge is 0.451 e. The third kappa shape index (κ3) is 4.19. The van der Waals surface area contributed by atoms with Gasteiger partial charge in [0.15, 0.2) is 6.61 Å². The molecule has 6 nitrogen and oxygen atoms in total. The van der Waals surface area contributed by atoms with Gasteiger partial charge < -0.3 is 10.1 Å². The van der Waals surface area contributed by atoms with Gasteiger partial charge in [0.2, 0.25) is 0 Å². The number of rotatable bonds is 5. The van der Waals surface area contributed by atoms with Gasteiger partial charge in [0.1, 0.15) is 15.5 Å². The Labute approximate surface area is 179 Å². The summed E-state index contributed by atoms with van der Waals surface area (Å²) in [5, 5.41) is 8.43. The van der Waals surface area contributed by atoms with Crippen molar-refractivity contribution in [1.82, 2.24) is 9.78 Å². The normalized spacial score (nSPS) is 10.9. The molecular weight excluding hydrogens is 429 g/mol. The number of aromatic nitrogens is 2. The van der Waals surface area contributed by atoms with Crippen LogP contribution >= 0.6 is 22.9 Å². The summed E-state index contributed by atoms with van der Waals surface area (Å²) in [7, 11) is 0. The Hall–Kier alpha value is -3.23. The smallest absolute Gasteiger partial charge is 0.348 e. The average Bonchev–Trinajstić information content (AvgIpc) is 3.28. The number of thiophene rings is 1. The van der Waals surface area contributed by atoms with Crippen LogP contribution < -0.4 is 5.32 Å². The number of carbonyl (C=O) groups is 2. The number of nitrogens with zero attached hydrogens (tertiary/aromatic N) is 2. The zero-order valence-corrected chi connectivity index (χ0v) is 17.3. The molecule has 0 atom stereocenters. The van der Waals surface area contributed by atoms with E-state index in [9.17, 15) is 14.0 Å². The first kappa shape index (κ1) is 20.1. The molecule has 2 heterocycles. The topological polar surface area (TPSA) is 73.2 Å². The van der Waals surface area contributed by atoms with E-state index in [1.165, 1.54) is 29.5 Å². The van der Waals surface area contributed by atoms with Crippen LogP contribution in [-0.2, 0) is 9.53 Å². The Morgan fingerprint density at radius 3 is 2.70 bits per heavy atom. The summed E-state index contributed by atoms with van der Waals surface area (Å²) >= 11 is 7.17. The maximum atomic E-state index is 13.2. The Bertz CT molecular complexity index is 1250. The van der Waals surface area contributed by atoms with E-state index < -0.39 is 24.3 Å². The quantitative estimate of drug-likeness (QED) is 0.441. The summed E-state index contributed by atoms with van der Waals surface area (Å²) in [6, 6.07) is 14.4. The van der Waals surface area contributed by atoms with Gasteiger partial charge in [0.25, 0.3) is 5.91 Å². The predicted octanol–water partition coefficient (Wildman–Crippen LogP) is 4.98. The molecule has 0 saturated heterocycles. The molecule has 0 fully saturated rings. The summed E-state index contributed by atoms with van der Waals surface area (Å²) in [5.41, 5.74) is 1.87. The Morgan fingerprint density at radius 1 is 1.20 bits per heavy atom. The highest BCUT2D eigenvalue weighted by Crippen LogP contribution is 2.31. The monoisotopic (exact) mass is 443 g/mol. The van der Waals surface area contributed by atoms with Gasteiger partial charge in [-0.25, -0.2) is 13.9 Å². The van der Waals surface area contributed by atoms with Crippen molar-refractivity contribution in [2.45, 2.75) is 6.92 Å². The van der Waals surface area contributed by atoms with Crippen molar-refractivity contribution < 1.29 is 18.7 Å². The lowest BCUT2D eigenvalue weighted by atomic mass is 10.3. The van der Waals surface area contributed by atoms with Crippen molar-refractivity contribution in [3.63, 3.8) is 0 Å². The molecule has 0 radical (unpaired) electrons. The fraction of sp³-hybridized carbons (Fsp3) is 0.0952. The minimum Gasteiger partial charge on any atom is -0.451 e. The van der Waals surface area contributed by atoms with Crippen molar-refractivity contribution in [1.29, 1.82) is 0 Å².